The van der Waals surface area contributed by atoms with Crippen LogP contribution in [0.5, 0.6) is 0 Å². The molecule has 0 radical (unpaired) electrons. The van der Waals surface area contributed by atoms with E-state index in [9.17, 15) is 13.8 Å². The molecule has 9 heteroatoms. The van der Waals surface area contributed by atoms with Gasteiger partial charge in [-0.05, 0) is 43.3 Å². The van der Waals surface area contributed by atoms with Crippen molar-refractivity contribution in [2.24, 2.45) is 0 Å². The molecule has 1 N–H and O–H groups in total. The molecule has 1 aromatic heterocycles. The van der Waals surface area contributed by atoms with Crippen LogP contribution in [0.4, 0.5) is 11.5 Å². The lowest BCUT2D eigenvalue weighted by atomic mass is 10.3. The Morgan fingerprint density at radius 3 is 2.36 bits per heavy atom. The van der Waals surface area contributed by atoms with E-state index in [1.54, 1.807) is 49.4 Å². The second kappa shape index (κ2) is 6.55. The van der Waals surface area contributed by atoms with E-state index in [-0.39, 0.29) is 16.4 Å². The van der Waals surface area contributed by atoms with Crippen LogP contribution in [0.3, 0.4) is 0 Å². The Kier molecular flexibility index (Phi) is 4.44. The van der Waals surface area contributed by atoms with Crippen molar-refractivity contribution in [3.63, 3.8) is 0 Å². The van der Waals surface area contributed by atoms with Gasteiger partial charge in [-0.25, -0.2) is 13.1 Å². The molecule has 0 amide bonds. The predicted octanol–water partition coefficient (Wildman–Crippen LogP) is 4.12. The Morgan fingerprint density at radius 1 is 1.12 bits per heavy atom. The fourth-order valence-electron chi connectivity index (χ4n) is 2.29. The van der Waals surface area contributed by atoms with Gasteiger partial charge < -0.3 is 0 Å². The topological polar surface area (TPSA) is 92.1 Å². The summed E-state index contributed by atoms with van der Waals surface area (Å²) >= 11 is 5.89. The zero-order chi connectivity index (χ0) is 18.0. The number of halogens is 1. The third-order valence-corrected chi connectivity index (χ3v) is 5.09. The quantitative estimate of drug-likeness (QED) is 0.695. The predicted molar refractivity (Wildman–Crippen MR) is 95.3 cm³/mol. The fourth-order valence-corrected chi connectivity index (χ4v) is 3.48. The Morgan fingerprint density at radius 2 is 1.76 bits per heavy atom. The summed E-state index contributed by atoms with van der Waals surface area (Å²) in [5, 5.41) is 14.1. The number of nitrogens with one attached hydrogen (secondary N) is 1. The number of benzene rings is 2. The normalized spacial score (nSPS) is 11.1. The van der Waals surface area contributed by atoms with Crippen molar-refractivity contribution in [1.29, 1.82) is 5.39 Å². The highest BCUT2D eigenvalue weighted by atomic mass is 35.5. The summed E-state index contributed by atoms with van der Waals surface area (Å²) in [6, 6.07) is 14.5. The molecule has 0 atom stereocenters. The summed E-state index contributed by atoms with van der Waals surface area (Å²) in [6.45, 7) is 1.61. The fraction of sp³-hybridized carbons (Fsp3) is 0.0625. The van der Waals surface area contributed by atoms with E-state index >= 15 is 0 Å². The van der Waals surface area contributed by atoms with Crippen LogP contribution in [0, 0.1) is 12.3 Å². The number of sulfonamides is 1. The number of hydrogen-bond donors (Lipinski definition) is 1. The van der Waals surface area contributed by atoms with Gasteiger partial charge >= 0.3 is 5.69 Å². The van der Waals surface area contributed by atoms with Crippen molar-refractivity contribution in [3.8, 4) is 5.69 Å². The first-order valence-electron chi connectivity index (χ1n) is 7.21. The lowest BCUT2D eigenvalue weighted by Crippen LogP contribution is -2.16. The van der Waals surface area contributed by atoms with E-state index in [2.05, 4.69) is 14.8 Å². The summed E-state index contributed by atoms with van der Waals surface area (Å²) in [5.41, 5.74) is 0.964. The van der Waals surface area contributed by atoms with Gasteiger partial charge in [0.1, 0.15) is 0 Å². The van der Waals surface area contributed by atoms with Crippen LogP contribution in [-0.2, 0) is 10.0 Å². The van der Waals surface area contributed by atoms with Crippen molar-refractivity contribution < 1.29 is 8.42 Å². The number of hydrogen-bond acceptors (Lipinski definition) is 4. The maximum Gasteiger partial charge on any atom is 0.450 e. The largest absolute Gasteiger partial charge is 0.450 e. The maximum absolute atomic E-state index is 12.6. The van der Waals surface area contributed by atoms with Gasteiger partial charge in [-0.3, -0.25) is 4.72 Å². The lowest BCUT2D eigenvalue weighted by molar-refractivity contribution is 0.600. The maximum atomic E-state index is 12.6. The van der Waals surface area contributed by atoms with Gasteiger partial charge in [0.25, 0.3) is 10.0 Å². The lowest BCUT2D eigenvalue weighted by Gasteiger charge is -2.09. The number of rotatable bonds is 4. The van der Waals surface area contributed by atoms with Gasteiger partial charge in [-0.1, -0.05) is 29.8 Å². The van der Waals surface area contributed by atoms with Crippen LogP contribution in [0.1, 0.15) is 5.69 Å². The SMILES string of the molecule is Cc1nn(-c2ccc(Cl)cc2)c(NS(=O)(=O)c2ccccc2)c1[N+]#N. The Balaban J connectivity index is 2.12. The molecule has 0 unspecified atom stereocenters. The Bertz CT molecular complexity index is 1050. The van der Waals surface area contributed by atoms with Crippen molar-refractivity contribution in [2.45, 2.75) is 11.8 Å². The molecule has 0 aliphatic carbocycles. The van der Waals surface area contributed by atoms with Crippen LogP contribution in [0.25, 0.3) is 10.7 Å². The van der Waals surface area contributed by atoms with E-state index in [0.29, 0.717) is 16.4 Å². The third-order valence-electron chi connectivity index (χ3n) is 3.48. The molecule has 0 saturated carbocycles. The zero-order valence-electron chi connectivity index (χ0n) is 13.1. The zero-order valence-corrected chi connectivity index (χ0v) is 14.7. The van der Waals surface area contributed by atoms with Gasteiger partial charge in [-0.15, -0.1) is 0 Å². The number of aromatic nitrogens is 2. The second-order valence-corrected chi connectivity index (χ2v) is 7.31. The third kappa shape index (κ3) is 3.33. The molecule has 0 bridgehead atoms. The van der Waals surface area contributed by atoms with E-state index in [0.717, 1.165) is 0 Å². The van der Waals surface area contributed by atoms with Gasteiger partial charge in [0.15, 0.2) is 10.7 Å². The molecular weight excluding hydrogens is 362 g/mol. The van der Waals surface area contributed by atoms with Gasteiger partial charge in [0.2, 0.25) is 11.2 Å². The van der Waals surface area contributed by atoms with Crippen LogP contribution >= 0.6 is 11.6 Å². The van der Waals surface area contributed by atoms with Crippen molar-refractivity contribution in [2.75, 3.05) is 4.72 Å². The number of anilines is 1. The molecule has 25 heavy (non-hydrogen) atoms. The molecule has 3 aromatic rings. The monoisotopic (exact) mass is 374 g/mol. The molecule has 0 spiro atoms. The minimum atomic E-state index is -3.88. The van der Waals surface area contributed by atoms with Crippen LogP contribution in [0.2, 0.25) is 5.02 Å². The first kappa shape index (κ1) is 17.0. The number of diazo groups is 1. The van der Waals surface area contributed by atoms with Gasteiger partial charge in [0, 0.05) is 5.02 Å². The number of aryl methyl sites for hydroxylation is 1. The molecule has 3 rings (SSSR count). The summed E-state index contributed by atoms with van der Waals surface area (Å²) in [6.07, 6.45) is 0. The molecule has 0 fully saturated rings. The highest BCUT2D eigenvalue weighted by Gasteiger charge is 2.30. The molecular formula is C16H13ClN5O2S+. The summed E-state index contributed by atoms with van der Waals surface area (Å²) in [7, 11) is -3.88. The average Bonchev–Trinajstić information content (AvgIpc) is 2.91. The highest BCUT2D eigenvalue weighted by Crippen LogP contribution is 2.33. The Hall–Kier alpha value is -2.89. The summed E-state index contributed by atoms with van der Waals surface area (Å²) in [5.74, 6) is 0.0335. The summed E-state index contributed by atoms with van der Waals surface area (Å²) in [4.78, 5) is 3.26. The van der Waals surface area contributed by atoms with Crippen molar-refractivity contribution in [3.05, 3.63) is 70.3 Å². The number of nitrogens with zero attached hydrogens (tertiary/aromatic N) is 4. The average molecular weight is 375 g/mol. The molecule has 0 aliphatic heterocycles. The first-order valence-corrected chi connectivity index (χ1v) is 9.07. The molecule has 1 heterocycles. The molecule has 7 nitrogen and oxygen atoms in total. The van der Waals surface area contributed by atoms with Crippen molar-refractivity contribution >= 4 is 33.1 Å². The van der Waals surface area contributed by atoms with E-state index in [1.807, 2.05) is 0 Å². The molecule has 2 aromatic carbocycles. The van der Waals surface area contributed by atoms with Gasteiger partial charge in [0.05, 0.1) is 10.6 Å². The van der Waals surface area contributed by atoms with Crippen LogP contribution < -0.4 is 4.72 Å². The summed E-state index contributed by atoms with van der Waals surface area (Å²) < 4.78 is 29.0. The van der Waals surface area contributed by atoms with Gasteiger partial charge in [-0.2, -0.15) is 5.10 Å². The standard InChI is InChI=1S/C16H13ClN5O2S/c1-11-15(19-18)16(21-25(23,24)14-5-3-2-4-6-14)22(20-11)13-9-7-12(17)8-10-13/h2-10,21H,1H3/q+1. The molecule has 0 saturated heterocycles. The van der Waals surface area contributed by atoms with E-state index in [1.165, 1.54) is 16.8 Å². The Labute approximate surface area is 149 Å². The smallest absolute Gasteiger partial charge is 0.256 e. The second-order valence-electron chi connectivity index (χ2n) is 5.19. The highest BCUT2D eigenvalue weighted by molar-refractivity contribution is 7.92. The minimum absolute atomic E-state index is 0.0335. The van der Waals surface area contributed by atoms with E-state index in [4.69, 9.17) is 11.6 Å². The van der Waals surface area contributed by atoms with E-state index < -0.39 is 10.0 Å². The molecule has 126 valence electrons. The van der Waals surface area contributed by atoms with Crippen molar-refractivity contribution in [1.82, 2.24) is 9.78 Å². The first-order chi connectivity index (χ1) is 11.9. The minimum Gasteiger partial charge on any atom is -0.256 e. The molecule has 0 aliphatic rings. The van der Waals surface area contributed by atoms with Crippen LogP contribution in [0.15, 0.2) is 59.5 Å². The van der Waals surface area contributed by atoms with Crippen LogP contribution in [-0.4, -0.2) is 18.2 Å².